The Labute approximate surface area is 207 Å². The van der Waals surface area contributed by atoms with Gasteiger partial charge in [0, 0.05) is 11.3 Å². The molecule has 2 heterocycles. The number of thiophene rings is 1. The van der Waals surface area contributed by atoms with E-state index in [2.05, 4.69) is 35.0 Å². The van der Waals surface area contributed by atoms with Crippen LogP contribution in [0.4, 0.5) is 0 Å². The van der Waals surface area contributed by atoms with Crippen LogP contribution < -0.4 is 5.32 Å². The van der Waals surface area contributed by atoms with Crippen LogP contribution in [-0.4, -0.2) is 11.0 Å². The van der Waals surface area contributed by atoms with E-state index in [4.69, 9.17) is 11.6 Å². The Hall–Kier alpha value is -2.21. The minimum absolute atomic E-state index is 0.0891. The first-order chi connectivity index (χ1) is 16.1. The number of carbonyl (C=O) groups excluding carboxylic acids is 1. The van der Waals surface area contributed by atoms with E-state index in [1.165, 1.54) is 49.4 Å². The fourth-order valence-electron chi connectivity index (χ4n) is 5.00. The molecular formula is C27H26ClNO2S2. The lowest BCUT2D eigenvalue weighted by molar-refractivity contribution is -0.119. The highest BCUT2D eigenvalue weighted by Crippen LogP contribution is 2.44. The maximum Gasteiger partial charge on any atom is 0.262 e. The molecule has 0 saturated heterocycles. The van der Waals surface area contributed by atoms with Gasteiger partial charge in [-0.2, -0.15) is 11.3 Å². The van der Waals surface area contributed by atoms with Crippen LogP contribution in [-0.2, 0) is 10.3 Å². The summed E-state index contributed by atoms with van der Waals surface area (Å²) in [6.07, 6.45) is 6.72. The van der Waals surface area contributed by atoms with Gasteiger partial charge in [0.25, 0.3) is 5.91 Å². The Morgan fingerprint density at radius 3 is 2.42 bits per heavy atom. The molecule has 3 nitrogen and oxygen atoms in total. The molecule has 2 aliphatic rings. The first kappa shape index (κ1) is 22.6. The normalized spacial score (nSPS) is 21.8. The van der Waals surface area contributed by atoms with Gasteiger partial charge in [-0.1, -0.05) is 79.0 Å². The SMILES string of the molecule is O=C1NC(c2ccc(C3CCCCC3)cc2)(c2ccsc2)CC(O)=C1Sc1ccccc1Cl. The Balaban J connectivity index is 1.50. The third kappa shape index (κ3) is 4.46. The van der Waals surface area contributed by atoms with E-state index in [0.717, 1.165) is 16.0 Å². The van der Waals surface area contributed by atoms with E-state index in [9.17, 15) is 9.90 Å². The largest absolute Gasteiger partial charge is 0.511 e. The second kappa shape index (κ2) is 9.57. The molecule has 6 heteroatoms. The van der Waals surface area contributed by atoms with Crippen molar-refractivity contribution >= 4 is 40.6 Å². The van der Waals surface area contributed by atoms with Gasteiger partial charge >= 0.3 is 0 Å². The van der Waals surface area contributed by atoms with Gasteiger partial charge in [0.05, 0.1) is 10.6 Å². The first-order valence-corrected chi connectivity index (χ1v) is 13.5. The van der Waals surface area contributed by atoms with Crippen LogP contribution in [0.25, 0.3) is 0 Å². The maximum absolute atomic E-state index is 13.3. The fraction of sp³-hybridized carbons (Fsp3) is 0.296. The fourth-order valence-corrected chi connectivity index (χ4v) is 6.85. The van der Waals surface area contributed by atoms with Crippen LogP contribution in [0, 0.1) is 0 Å². The van der Waals surface area contributed by atoms with Crippen molar-refractivity contribution in [1.29, 1.82) is 0 Å². The van der Waals surface area contributed by atoms with E-state index in [0.29, 0.717) is 22.3 Å². The molecule has 2 aromatic carbocycles. The number of rotatable bonds is 5. The smallest absolute Gasteiger partial charge is 0.262 e. The second-order valence-corrected chi connectivity index (χ2v) is 11.1. The lowest BCUT2D eigenvalue weighted by Gasteiger charge is -2.39. The summed E-state index contributed by atoms with van der Waals surface area (Å²) in [6, 6.07) is 18.1. The number of aliphatic hydroxyl groups excluding tert-OH is 1. The summed E-state index contributed by atoms with van der Waals surface area (Å²) < 4.78 is 0. The van der Waals surface area contributed by atoms with Crippen molar-refractivity contribution in [2.45, 2.75) is 54.9 Å². The number of hydrogen-bond donors (Lipinski definition) is 2. The van der Waals surface area contributed by atoms with Crippen molar-refractivity contribution in [2.24, 2.45) is 0 Å². The predicted molar refractivity (Wildman–Crippen MR) is 137 cm³/mol. The van der Waals surface area contributed by atoms with Gasteiger partial charge in [0.15, 0.2) is 0 Å². The Morgan fingerprint density at radius 2 is 1.76 bits per heavy atom. The van der Waals surface area contributed by atoms with Crippen molar-refractivity contribution in [1.82, 2.24) is 5.32 Å². The van der Waals surface area contributed by atoms with E-state index in [-0.39, 0.29) is 11.7 Å². The van der Waals surface area contributed by atoms with Crippen LogP contribution in [0.2, 0.25) is 5.02 Å². The molecule has 33 heavy (non-hydrogen) atoms. The molecule has 1 amide bonds. The summed E-state index contributed by atoms with van der Waals surface area (Å²) in [7, 11) is 0. The van der Waals surface area contributed by atoms with Gasteiger partial charge < -0.3 is 10.4 Å². The number of aliphatic hydroxyl groups is 1. The highest BCUT2D eigenvalue weighted by atomic mass is 35.5. The van der Waals surface area contributed by atoms with Crippen molar-refractivity contribution in [3.05, 3.63) is 97.7 Å². The molecule has 1 aliphatic heterocycles. The van der Waals surface area contributed by atoms with Crippen LogP contribution in [0.1, 0.15) is 61.1 Å². The summed E-state index contributed by atoms with van der Waals surface area (Å²) in [5, 5.41) is 19.0. The molecule has 1 aliphatic carbocycles. The topological polar surface area (TPSA) is 49.3 Å². The van der Waals surface area contributed by atoms with Crippen LogP contribution in [0.5, 0.6) is 0 Å². The highest BCUT2D eigenvalue weighted by Gasteiger charge is 2.43. The summed E-state index contributed by atoms with van der Waals surface area (Å²) >= 11 is 9.09. The zero-order valence-corrected chi connectivity index (χ0v) is 20.6. The zero-order chi connectivity index (χ0) is 22.8. The second-order valence-electron chi connectivity index (χ2n) is 8.81. The summed E-state index contributed by atoms with van der Waals surface area (Å²) in [4.78, 5) is 14.4. The van der Waals surface area contributed by atoms with E-state index >= 15 is 0 Å². The minimum Gasteiger partial charge on any atom is -0.511 e. The van der Waals surface area contributed by atoms with Gasteiger partial charge in [-0.15, -0.1) is 0 Å². The number of thioether (sulfide) groups is 1. The van der Waals surface area contributed by atoms with Crippen LogP contribution in [0.15, 0.2) is 80.9 Å². The first-order valence-electron chi connectivity index (χ1n) is 11.4. The molecule has 0 spiro atoms. The number of benzene rings is 2. The predicted octanol–water partition coefficient (Wildman–Crippen LogP) is 7.77. The van der Waals surface area contributed by atoms with Crippen molar-refractivity contribution in [3.8, 4) is 0 Å². The summed E-state index contributed by atoms with van der Waals surface area (Å²) in [5.74, 6) is 0.426. The monoisotopic (exact) mass is 495 g/mol. The average molecular weight is 496 g/mol. The van der Waals surface area contributed by atoms with Crippen molar-refractivity contribution in [2.75, 3.05) is 0 Å². The molecule has 170 valence electrons. The standard InChI is InChI=1S/C27H26ClNO2S2/c28-22-8-4-5-9-24(22)33-25-23(30)16-27(29-26(25)31,21-14-15-32-17-21)20-12-10-19(11-13-20)18-6-2-1-3-7-18/h4-5,8-15,17-18,30H,1-3,6-7,16H2,(H,29,31). The molecular weight excluding hydrogens is 470 g/mol. The lowest BCUT2D eigenvalue weighted by atomic mass is 9.77. The van der Waals surface area contributed by atoms with Crippen molar-refractivity contribution < 1.29 is 9.90 Å². The summed E-state index contributed by atoms with van der Waals surface area (Å²) in [5.41, 5.74) is 2.55. The number of amides is 1. The number of nitrogens with one attached hydrogen (secondary N) is 1. The Bertz CT molecular complexity index is 1170. The maximum atomic E-state index is 13.3. The van der Waals surface area contributed by atoms with E-state index in [1.54, 1.807) is 17.4 Å². The average Bonchev–Trinajstić information content (AvgIpc) is 3.39. The molecule has 3 aromatic rings. The summed E-state index contributed by atoms with van der Waals surface area (Å²) in [6.45, 7) is 0. The molecule has 1 fully saturated rings. The molecule has 2 N–H and O–H groups in total. The van der Waals surface area contributed by atoms with Gasteiger partial charge in [-0.25, -0.2) is 0 Å². The molecule has 5 rings (SSSR count). The zero-order valence-electron chi connectivity index (χ0n) is 18.2. The molecule has 1 saturated carbocycles. The Morgan fingerprint density at radius 1 is 1.00 bits per heavy atom. The molecule has 0 radical (unpaired) electrons. The molecule has 1 atom stereocenters. The number of hydrogen-bond acceptors (Lipinski definition) is 4. The van der Waals surface area contributed by atoms with E-state index < -0.39 is 5.54 Å². The van der Waals surface area contributed by atoms with Crippen LogP contribution >= 0.6 is 34.7 Å². The quantitative estimate of drug-likeness (QED) is 0.380. The number of halogens is 1. The van der Waals surface area contributed by atoms with Gasteiger partial charge in [0.1, 0.15) is 10.7 Å². The van der Waals surface area contributed by atoms with Crippen molar-refractivity contribution in [3.63, 3.8) is 0 Å². The van der Waals surface area contributed by atoms with Gasteiger partial charge in [0.2, 0.25) is 0 Å². The van der Waals surface area contributed by atoms with Gasteiger partial charge in [-0.05, 0) is 64.4 Å². The lowest BCUT2D eigenvalue weighted by Crippen LogP contribution is -2.50. The molecule has 1 aromatic heterocycles. The van der Waals surface area contributed by atoms with E-state index in [1.807, 2.05) is 29.6 Å². The third-order valence-electron chi connectivity index (χ3n) is 6.77. The number of carbonyl (C=O) groups is 1. The Kier molecular flexibility index (Phi) is 6.55. The van der Waals surface area contributed by atoms with Gasteiger partial charge in [-0.3, -0.25) is 4.79 Å². The third-order valence-corrected chi connectivity index (χ3v) is 9.10. The van der Waals surface area contributed by atoms with Crippen LogP contribution in [0.3, 0.4) is 0 Å². The highest BCUT2D eigenvalue weighted by molar-refractivity contribution is 8.04. The molecule has 0 bridgehead atoms. The molecule has 1 unspecified atom stereocenters. The minimum atomic E-state index is -0.795.